The van der Waals surface area contributed by atoms with Gasteiger partial charge in [-0.25, -0.2) is 9.48 Å². The number of hydrogen-bond acceptors (Lipinski definition) is 5. The van der Waals surface area contributed by atoms with Gasteiger partial charge in [-0.05, 0) is 43.5 Å². The van der Waals surface area contributed by atoms with E-state index in [1.54, 1.807) is 5.32 Å². The molecule has 0 aliphatic carbocycles. The number of hydrogen-bond donors (Lipinski definition) is 4. The van der Waals surface area contributed by atoms with Gasteiger partial charge in [0.2, 0.25) is 0 Å². The Morgan fingerprint density at radius 1 is 0.892 bits per heavy atom. The third-order valence-electron chi connectivity index (χ3n) is 4.93. The first-order valence-corrected chi connectivity index (χ1v) is 12.0. The van der Waals surface area contributed by atoms with Crippen LogP contribution in [0.3, 0.4) is 0 Å². The summed E-state index contributed by atoms with van der Waals surface area (Å²) in [5.74, 6) is -1.15. The van der Waals surface area contributed by atoms with Gasteiger partial charge in [0, 0.05) is 31.1 Å². The summed E-state index contributed by atoms with van der Waals surface area (Å²) in [6.45, 7) is -1.35. The molecule has 2 aromatic rings. The molecule has 1 aromatic heterocycles. The van der Waals surface area contributed by atoms with Crippen LogP contribution in [0.1, 0.15) is 45.8 Å². The highest BCUT2D eigenvalue weighted by Gasteiger charge is 2.28. The summed E-state index contributed by atoms with van der Waals surface area (Å²) >= 11 is 5.49. The largest absolute Gasteiger partial charge is 0.405 e. The van der Waals surface area contributed by atoms with Gasteiger partial charge in [-0.3, -0.25) is 14.0 Å². The lowest BCUT2D eigenvalue weighted by atomic mass is 10.1. The van der Waals surface area contributed by atoms with Crippen molar-refractivity contribution in [3.8, 4) is 5.69 Å². The number of benzene rings is 1. The molecule has 0 radical (unpaired) electrons. The van der Waals surface area contributed by atoms with Gasteiger partial charge < -0.3 is 21.3 Å². The van der Waals surface area contributed by atoms with Crippen LogP contribution in [0.2, 0.25) is 0 Å². The maximum absolute atomic E-state index is 12.7. The van der Waals surface area contributed by atoms with Gasteiger partial charge in [0.05, 0.1) is 18.1 Å². The fourth-order valence-electron chi connectivity index (χ4n) is 3.17. The zero-order chi connectivity index (χ0) is 27.3. The number of nitrogens with one attached hydrogen (secondary N) is 4. The SMILES string of the molecule is O=C(NCCCl)NCCNC(=O)c1nnn(-c2ccc(C(=O)NCC(F)(F)F)cc2)c1CCCCCF. The smallest absolute Gasteiger partial charge is 0.349 e. The quantitative estimate of drug-likeness (QED) is 0.163. The average molecular weight is 550 g/mol. The van der Waals surface area contributed by atoms with Crippen molar-refractivity contribution in [3.05, 3.63) is 41.2 Å². The highest BCUT2D eigenvalue weighted by atomic mass is 35.5. The second kappa shape index (κ2) is 15.0. The predicted octanol–water partition coefficient (Wildman–Crippen LogP) is 2.51. The molecule has 0 unspecified atom stereocenters. The Balaban J connectivity index is 2.11. The molecular weight excluding hydrogens is 522 g/mol. The molecule has 0 saturated carbocycles. The van der Waals surface area contributed by atoms with Crippen LogP contribution < -0.4 is 21.3 Å². The Bertz CT molecular complexity index is 1030. The van der Waals surface area contributed by atoms with Crippen molar-refractivity contribution >= 4 is 29.4 Å². The maximum Gasteiger partial charge on any atom is 0.405 e. The number of unbranched alkanes of at least 4 members (excludes halogenated alkanes) is 2. The minimum Gasteiger partial charge on any atom is -0.349 e. The van der Waals surface area contributed by atoms with Gasteiger partial charge >= 0.3 is 12.2 Å². The van der Waals surface area contributed by atoms with Crippen molar-refractivity contribution in [2.45, 2.75) is 31.9 Å². The predicted molar refractivity (Wildman–Crippen MR) is 128 cm³/mol. The maximum atomic E-state index is 12.7. The minimum atomic E-state index is -4.53. The molecule has 1 heterocycles. The molecule has 0 bridgehead atoms. The normalized spacial score (nSPS) is 11.2. The van der Waals surface area contributed by atoms with Gasteiger partial charge in [0.1, 0.15) is 6.54 Å². The summed E-state index contributed by atoms with van der Waals surface area (Å²) in [6.07, 6.45) is -2.69. The first-order chi connectivity index (χ1) is 17.7. The van der Waals surface area contributed by atoms with Gasteiger partial charge in [-0.15, -0.1) is 16.7 Å². The molecule has 15 heteroatoms. The summed E-state index contributed by atoms with van der Waals surface area (Å²) in [4.78, 5) is 36.2. The number of urea groups is 1. The van der Waals surface area contributed by atoms with Crippen molar-refractivity contribution in [1.82, 2.24) is 36.3 Å². The summed E-state index contributed by atoms with van der Waals surface area (Å²) in [5.41, 5.74) is 0.924. The molecule has 10 nitrogen and oxygen atoms in total. The second-order valence-corrected chi connectivity index (χ2v) is 8.15. The number of carbonyl (C=O) groups is 3. The fraction of sp³-hybridized carbons (Fsp3) is 0.500. The van der Waals surface area contributed by atoms with Gasteiger partial charge in [0.15, 0.2) is 5.69 Å². The van der Waals surface area contributed by atoms with E-state index < -0.39 is 37.2 Å². The summed E-state index contributed by atoms with van der Waals surface area (Å²) in [5, 5.41) is 17.5. The molecule has 37 heavy (non-hydrogen) atoms. The van der Waals surface area contributed by atoms with E-state index in [-0.39, 0.29) is 30.2 Å². The fourth-order valence-corrected chi connectivity index (χ4v) is 3.26. The van der Waals surface area contributed by atoms with Gasteiger partial charge in [0.25, 0.3) is 11.8 Å². The molecule has 0 fully saturated rings. The van der Waals surface area contributed by atoms with E-state index in [0.717, 1.165) is 0 Å². The highest BCUT2D eigenvalue weighted by molar-refractivity contribution is 6.18. The van der Waals surface area contributed by atoms with E-state index in [1.807, 2.05) is 0 Å². The molecule has 0 aliphatic heterocycles. The van der Waals surface area contributed by atoms with Crippen LogP contribution >= 0.6 is 11.6 Å². The molecule has 0 saturated heterocycles. The standard InChI is InChI=1S/C22H28ClF4N7O3/c23-9-11-29-21(37)30-13-12-28-20(36)18-17(4-2-1-3-10-24)34(33-32-18)16-7-5-15(6-8-16)19(35)31-14-22(25,26)27/h5-8H,1-4,9-14H2,(H,28,36)(H,31,35)(H2,29,30,37). The Kier molecular flexibility index (Phi) is 12.1. The van der Waals surface area contributed by atoms with Crippen LogP contribution in [-0.2, 0) is 6.42 Å². The number of aromatic nitrogens is 3. The molecule has 0 spiro atoms. The zero-order valence-electron chi connectivity index (χ0n) is 19.8. The van der Waals surface area contributed by atoms with Gasteiger partial charge in [-0.1, -0.05) is 11.6 Å². The number of rotatable bonds is 14. The molecule has 2 rings (SSSR count). The van der Waals surface area contributed by atoms with E-state index >= 15 is 0 Å². The summed E-state index contributed by atoms with van der Waals surface area (Å²) < 4.78 is 50.9. The number of alkyl halides is 5. The first-order valence-electron chi connectivity index (χ1n) is 11.5. The molecule has 0 aliphatic rings. The van der Waals surface area contributed by atoms with Crippen molar-refractivity contribution in [1.29, 1.82) is 0 Å². The number of nitrogens with zero attached hydrogens (tertiary/aromatic N) is 3. The van der Waals surface area contributed by atoms with Crippen molar-refractivity contribution in [3.63, 3.8) is 0 Å². The first kappa shape index (κ1) is 29.8. The molecular formula is C22H28ClF4N7O3. The van der Waals surface area contributed by atoms with Gasteiger partial charge in [-0.2, -0.15) is 13.2 Å². The molecule has 1 aromatic carbocycles. The zero-order valence-corrected chi connectivity index (χ0v) is 20.6. The Hall–Kier alpha value is -3.42. The Morgan fingerprint density at radius 2 is 1.57 bits per heavy atom. The van der Waals surface area contributed by atoms with Crippen LogP contribution in [0, 0.1) is 0 Å². The van der Waals surface area contributed by atoms with Crippen LogP contribution in [0.25, 0.3) is 5.69 Å². The van der Waals surface area contributed by atoms with E-state index in [4.69, 9.17) is 11.6 Å². The number of carbonyl (C=O) groups excluding carboxylic acids is 3. The Morgan fingerprint density at radius 3 is 2.22 bits per heavy atom. The highest BCUT2D eigenvalue weighted by Crippen LogP contribution is 2.18. The third-order valence-corrected chi connectivity index (χ3v) is 5.11. The Labute approximate surface area is 215 Å². The van der Waals surface area contributed by atoms with Crippen LogP contribution in [-0.4, -0.2) is 77.7 Å². The minimum absolute atomic E-state index is 0.0122. The average Bonchev–Trinajstić information content (AvgIpc) is 3.30. The van der Waals surface area contributed by atoms with E-state index in [9.17, 15) is 31.9 Å². The number of halogens is 5. The van der Waals surface area contributed by atoms with Crippen molar-refractivity contribution in [2.75, 3.05) is 38.7 Å². The van der Waals surface area contributed by atoms with Crippen molar-refractivity contribution < 1.29 is 31.9 Å². The second-order valence-electron chi connectivity index (χ2n) is 7.77. The monoisotopic (exact) mass is 549 g/mol. The molecule has 0 atom stereocenters. The van der Waals surface area contributed by atoms with Crippen molar-refractivity contribution in [2.24, 2.45) is 0 Å². The molecule has 204 valence electrons. The lowest BCUT2D eigenvalue weighted by molar-refractivity contribution is -0.123. The number of amides is 4. The third kappa shape index (κ3) is 10.2. The van der Waals surface area contributed by atoms with E-state index in [0.29, 0.717) is 43.6 Å². The lowest BCUT2D eigenvalue weighted by Crippen LogP contribution is -2.41. The van der Waals surface area contributed by atoms with E-state index in [1.165, 1.54) is 28.9 Å². The molecule has 4 amide bonds. The van der Waals surface area contributed by atoms with E-state index in [2.05, 4.69) is 26.3 Å². The van der Waals surface area contributed by atoms with Crippen LogP contribution in [0.15, 0.2) is 24.3 Å². The summed E-state index contributed by atoms with van der Waals surface area (Å²) in [7, 11) is 0. The lowest BCUT2D eigenvalue weighted by Gasteiger charge is -2.11. The van der Waals surface area contributed by atoms with Crippen LogP contribution in [0.5, 0.6) is 0 Å². The van der Waals surface area contributed by atoms with Crippen LogP contribution in [0.4, 0.5) is 22.4 Å². The molecule has 4 N–H and O–H groups in total. The summed E-state index contributed by atoms with van der Waals surface area (Å²) in [6, 6.07) is 5.16. The topological polar surface area (TPSA) is 130 Å².